The lowest BCUT2D eigenvalue weighted by molar-refractivity contribution is -0.0884. The number of Topliss-reactive ketones (excluding diaryl/α,β-unsaturated/α-hetero) is 1. The van der Waals surface area contributed by atoms with Gasteiger partial charge in [-0.3, -0.25) is 4.79 Å². The van der Waals surface area contributed by atoms with E-state index in [4.69, 9.17) is 0 Å². The largest absolute Gasteiger partial charge is 0.454 e. The molecule has 0 atom stereocenters. The minimum atomic E-state index is -4.84. The number of carbonyl (C=O) groups excluding carboxylic acids is 1. The molecule has 17 heavy (non-hydrogen) atoms. The molecule has 0 amide bonds. The minimum Gasteiger partial charge on any atom is -0.284 e. The molecule has 0 aliphatic rings. The standard InChI is InChI=1S/C13H9F3O/c1-8-6-7-11(12(17)13(14,15)16)10-5-3-2-4-9(8)10/h2-7H,1H3. The van der Waals surface area contributed by atoms with Crippen molar-refractivity contribution in [3.63, 3.8) is 0 Å². The number of ketones is 1. The van der Waals surface area contributed by atoms with Crippen molar-refractivity contribution >= 4 is 16.6 Å². The smallest absolute Gasteiger partial charge is 0.284 e. The second-order valence-corrected chi connectivity index (χ2v) is 3.80. The summed E-state index contributed by atoms with van der Waals surface area (Å²) in [7, 11) is 0. The molecule has 0 aliphatic carbocycles. The van der Waals surface area contributed by atoms with Gasteiger partial charge in [0.05, 0.1) is 0 Å². The number of fused-ring (bicyclic) bond motifs is 1. The fraction of sp³-hybridized carbons (Fsp3) is 0.154. The molecule has 0 saturated heterocycles. The number of hydrogen-bond donors (Lipinski definition) is 0. The molecule has 0 N–H and O–H groups in total. The molecular weight excluding hydrogens is 229 g/mol. The summed E-state index contributed by atoms with van der Waals surface area (Å²) in [5.41, 5.74) is 0.554. The topological polar surface area (TPSA) is 17.1 Å². The van der Waals surface area contributed by atoms with Crippen molar-refractivity contribution < 1.29 is 18.0 Å². The number of halogens is 3. The van der Waals surface area contributed by atoms with Crippen LogP contribution in [0.5, 0.6) is 0 Å². The van der Waals surface area contributed by atoms with Crippen molar-refractivity contribution in [2.24, 2.45) is 0 Å². The number of aryl methyl sites for hydroxylation is 1. The molecular formula is C13H9F3O. The second-order valence-electron chi connectivity index (χ2n) is 3.80. The number of rotatable bonds is 1. The van der Waals surface area contributed by atoms with Crippen molar-refractivity contribution in [1.29, 1.82) is 0 Å². The second kappa shape index (κ2) is 3.87. The molecule has 0 aromatic heterocycles. The third kappa shape index (κ3) is 2.02. The molecule has 0 saturated carbocycles. The van der Waals surface area contributed by atoms with E-state index in [2.05, 4.69) is 0 Å². The molecule has 0 fully saturated rings. The Balaban J connectivity index is 2.72. The molecule has 4 heteroatoms. The summed E-state index contributed by atoms with van der Waals surface area (Å²) in [6.07, 6.45) is -4.84. The van der Waals surface area contributed by atoms with E-state index >= 15 is 0 Å². The van der Waals surface area contributed by atoms with Gasteiger partial charge in [-0.05, 0) is 23.3 Å². The van der Waals surface area contributed by atoms with Crippen LogP contribution >= 0.6 is 0 Å². The van der Waals surface area contributed by atoms with E-state index in [9.17, 15) is 18.0 Å². The number of alkyl halides is 3. The van der Waals surface area contributed by atoms with Crippen LogP contribution < -0.4 is 0 Å². The summed E-state index contributed by atoms with van der Waals surface area (Å²) in [5.74, 6) is -1.80. The predicted molar refractivity (Wildman–Crippen MR) is 59.1 cm³/mol. The molecule has 0 unspecified atom stereocenters. The van der Waals surface area contributed by atoms with E-state index in [0.717, 1.165) is 5.56 Å². The van der Waals surface area contributed by atoms with Crippen LogP contribution in [0.3, 0.4) is 0 Å². The van der Waals surface area contributed by atoms with Crippen LogP contribution in [0, 0.1) is 6.92 Å². The molecule has 0 bridgehead atoms. The van der Waals surface area contributed by atoms with Crippen LogP contribution in [0.25, 0.3) is 10.8 Å². The SMILES string of the molecule is Cc1ccc(C(=O)C(F)(F)F)c2ccccc12. The maximum atomic E-state index is 12.4. The Labute approximate surface area is 95.9 Å². The summed E-state index contributed by atoms with van der Waals surface area (Å²) in [6, 6.07) is 9.35. The van der Waals surface area contributed by atoms with E-state index < -0.39 is 12.0 Å². The van der Waals surface area contributed by atoms with Crippen molar-refractivity contribution in [1.82, 2.24) is 0 Å². The van der Waals surface area contributed by atoms with Gasteiger partial charge in [-0.2, -0.15) is 13.2 Å². The lowest BCUT2D eigenvalue weighted by atomic mass is 9.98. The van der Waals surface area contributed by atoms with Crippen molar-refractivity contribution in [2.45, 2.75) is 13.1 Å². The summed E-state index contributed by atoms with van der Waals surface area (Å²) < 4.78 is 37.2. The number of benzene rings is 2. The van der Waals surface area contributed by atoms with Gasteiger partial charge in [0.15, 0.2) is 0 Å². The molecule has 0 heterocycles. The van der Waals surface area contributed by atoms with Gasteiger partial charge >= 0.3 is 6.18 Å². The Morgan fingerprint density at radius 2 is 1.59 bits per heavy atom. The van der Waals surface area contributed by atoms with Gasteiger partial charge in [0.1, 0.15) is 0 Å². The number of carbonyl (C=O) groups is 1. The highest BCUT2D eigenvalue weighted by Crippen LogP contribution is 2.28. The summed E-state index contributed by atoms with van der Waals surface area (Å²) in [4.78, 5) is 11.3. The zero-order chi connectivity index (χ0) is 12.6. The first-order chi connectivity index (χ1) is 7.91. The van der Waals surface area contributed by atoms with Crippen LogP contribution in [0.2, 0.25) is 0 Å². The first kappa shape index (κ1) is 11.6. The minimum absolute atomic E-state index is 0.293. The Kier molecular flexibility index (Phi) is 2.65. The van der Waals surface area contributed by atoms with Gasteiger partial charge in [-0.1, -0.05) is 36.4 Å². The van der Waals surface area contributed by atoms with Crippen LogP contribution in [-0.4, -0.2) is 12.0 Å². The Morgan fingerprint density at radius 1 is 1.00 bits per heavy atom. The van der Waals surface area contributed by atoms with Gasteiger partial charge < -0.3 is 0 Å². The van der Waals surface area contributed by atoms with Crippen molar-refractivity contribution in [3.8, 4) is 0 Å². The van der Waals surface area contributed by atoms with Gasteiger partial charge in [-0.15, -0.1) is 0 Å². The summed E-state index contributed by atoms with van der Waals surface area (Å²) in [6.45, 7) is 1.80. The molecule has 0 radical (unpaired) electrons. The van der Waals surface area contributed by atoms with Crippen LogP contribution in [0.15, 0.2) is 36.4 Å². The molecule has 0 aliphatic heterocycles. The van der Waals surface area contributed by atoms with E-state index in [1.54, 1.807) is 25.1 Å². The first-order valence-corrected chi connectivity index (χ1v) is 5.01. The highest BCUT2D eigenvalue weighted by molar-refractivity contribution is 6.11. The van der Waals surface area contributed by atoms with Crippen LogP contribution in [0.4, 0.5) is 13.2 Å². The third-order valence-corrected chi connectivity index (χ3v) is 2.64. The highest BCUT2D eigenvalue weighted by Gasteiger charge is 2.39. The Bertz CT molecular complexity index is 585. The van der Waals surface area contributed by atoms with E-state index in [1.165, 1.54) is 18.2 Å². The Morgan fingerprint density at radius 3 is 2.18 bits per heavy atom. The summed E-state index contributed by atoms with van der Waals surface area (Å²) >= 11 is 0. The van der Waals surface area contributed by atoms with Gasteiger partial charge in [0.25, 0.3) is 5.78 Å². The molecule has 0 spiro atoms. The maximum Gasteiger partial charge on any atom is 0.454 e. The zero-order valence-corrected chi connectivity index (χ0v) is 9.01. The summed E-state index contributed by atoms with van der Waals surface area (Å²) in [5, 5.41) is 1.01. The fourth-order valence-electron chi connectivity index (χ4n) is 1.80. The van der Waals surface area contributed by atoms with Gasteiger partial charge in [0, 0.05) is 5.56 Å². The van der Waals surface area contributed by atoms with E-state index in [0.29, 0.717) is 10.8 Å². The van der Waals surface area contributed by atoms with Crippen LogP contribution in [-0.2, 0) is 0 Å². The zero-order valence-electron chi connectivity index (χ0n) is 9.01. The average molecular weight is 238 g/mol. The first-order valence-electron chi connectivity index (χ1n) is 5.01. The molecule has 1 nitrogen and oxygen atoms in total. The Hall–Kier alpha value is -1.84. The number of hydrogen-bond acceptors (Lipinski definition) is 1. The third-order valence-electron chi connectivity index (χ3n) is 2.64. The van der Waals surface area contributed by atoms with Crippen LogP contribution in [0.1, 0.15) is 15.9 Å². The molecule has 88 valence electrons. The quantitative estimate of drug-likeness (QED) is 0.689. The monoisotopic (exact) mass is 238 g/mol. The lowest BCUT2D eigenvalue weighted by Crippen LogP contribution is -2.23. The molecule has 2 rings (SSSR count). The van der Waals surface area contributed by atoms with E-state index in [1.807, 2.05) is 0 Å². The highest BCUT2D eigenvalue weighted by atomic mass is 19.4. The molecule has 2 aromatic carbocycles. The maximum absolute atomic E-state index is 12.4. The van der Waals surface area contributed by atoms with E-state index in [-0.39, 0.29) is 5.56 Å². The van der Waals surface area contributed by atoms with Gasteiger partial charge in [0.2, 0.25) is 0 Å². The van der Waals surface area contributed by atoms with Crippen molar-refractivity contribution in [2.75, 3.05) is 0 Å². The van der Waals surface area contributed by atoms with Crippen molar-refractivity contribution in [3.05, 3.63) is 47.5 Å². The predicted octanol–water partition coefficient (Wildman–Crippen LogP) is 3.89. The average Bonchev–Trinajstić information content (AvgIpc) is 2.28. The molecule has 2 aromatic rings. The fourth-order valence-corrected chi connectivity index (χ4v) is 1.80. The van der Waals surface area contributed by atoms with Gasteiger partial charge in [-0.25, -0.2) is 0 Å². The normalized spacial score (nSPS) is 11.8. The lowest BCUT2D eigenvalue weighted by Gasteiger charge is -2.09.